The van der Waals surface area contributed by atoms with E-state index in [9.17, 15) is 19.2 Å². The van der Waals surface area contributed by atoms with Crippen LogP contribution in [0.1, 0.15) is 36.6 Å². The van der Waals surface area contributed by atoms with Crippen LogP contribution in [0.25, 0.3) is 0 Å². The van der Waals surface area contributed by atoms with E-state index in [1.54, 1.807) is 48.5 Å². The molecule has 0 bridgehead atoms. The number of methoxy groups -OCH3 is 2. The molecule has 0 aliphatic rings. The van der Waals surface area contributed by atoms with Gasteiger partial charge in [-0.1, -0.05) is 42.5 Å². The van der Waals surface area contributed by atoms with E-state index in [2.05, 4.69) is 14.8 Å². The van der Waals surface area contributed by atoms with Gasteiger partial charge in [-0.25, -0.2) is 9.59 Å². The summed E-state index contributed by atoms with van der Waals surface area (Å²) in [5.74, 6) is -2.03. The smallest absolute Gasteiger partial charge is 0.338 e. The van der Waals surface area contributed by atoms with Gasteiger partial charge >= 0.3 is 11.9 Å². The van der Waals surface area contributed by atoms with Gasteiger partial charge < -0.3 is 19.5 Å². The molecule has 3 aromatic carbocycles. The highest BCUT2D eigenvalue weighted by Crippen LogP contribution is 2.21. The maximum absolute atomic E-state index is 12.8. The van der Waals surface area contributed by atoms with Gasteiger partial charge in [-0.3, -0.25) is 9.59 Å². The van der Waals surface area contributed by atoms with Crippen LogP contribution in [-0.2, 0) is 14.3 Å². The van der Waals surface area contributed by atoms with Crippen molar-refractivity contribution in [1.82, 2.24) is 0 Å². The number of benzene rings is 3. The van der Waals surface area contributed by atoms with E-state index >= 15 is 0 Å². The van der Waals surface area contributed by atoms with Gasteiger partial charge in [0.2, 0.25) is 0 Å². The van der Waals surface area contributed by atoms with Crippen molar-refractivity contribution in [2.45, 2.75) is 0 Å². The van der Waals surface area contributed by atoms with Crippen LogP contribution in [-0.4, -0.2) is 44.5 Å². The molecule has 0 unspecified atom stereocenters. The Morgan fingerprint density at radius 2 is 1.30 bits per heavy atom. The van der Waals surface area contributed by atoms with E-state index < -0.39 is 24.5 Å². The lowest BCUT2D eigenvalue weighted by Crippen LogP contribution is -2.22. The van der Waals surface area contributed by atoms with Crippen molar-refractivity contribution in [2.24, 2.45) is 0 Å². The first-order chi connectivity index (χ1) is 15.9. The first-order valence-corrected chi connectivity index (χ1v) is 9.86. The van der Waals surface area contributed by atoms with Gasteiger partial charge in [-0.2, -0.15) is 0 Å². The third kappa shape index (κ3) is 5.82. The highest BCUT2D eigenvalue weighted by Gasteiger charge is 2.17. The molecule has 0 spiro atoms. The second-order valence-corrected chi connectivity index (χ2v) is 6.81. The molecule has 0 aliphatic carbocycles. The molecular formula is C25H21NO7. The van der Waals surface area contributed by atoms with Gasteiger partial charge in [0, 0.05) is 11.1 Å². The second kappa shape index (κ2) is 10.7. The summed E-state index contributed by atoms with van der Waals surface area (Å²) >= 11 is 0. The Kier molecular flexibility index (Phi) is 7.54. The highest BCUT2D eigenvalue weighted by molar-refractivity contribution is 6.13. The van der Waals surface area contributed by atoms with Crippen LogP contribution in [0.5, 0.6) is 5.75 Å². The average Bonchev–Trinajstić information content (AvgIpc) is 2.86. The minimum Gasteiger partial charge on any atom is -0.484 e. The van der Waals surface area contributed by atoms with E-state index in [0.29, 0.717) is 16.8 Å². The lowest BCUT2D eigenvalue weighted by molar-refractivity contribution is -0.118. The van der Waals surface area contributed by atoms with Gasteiger partial charge in [0.05, 0.1) is 31.0 Å². The fraction of sp³-hybridized carbons (Fsp3) is 0.120. The number of para-hydroxylation sites is 1. The zero-order valence-corrected chi connectivity index (χ0v) is 18.0. The van der Waals surface area contributed by atoms with Crippen molar-refractivity contribution in [3.8, 4) is 5.75 Å². The van der Waals surface area contributed by atoms with Crippen molar-refractivity contribution in [1.29, 1.82) is 0 Å². The van der Waals surface area contributed by atoms with Gasteiger partial charge in [0.15, 0.2) is 12.4 Å². The van der Waals surface area contributed by atoms with Crippen LogP contribution in [0.15, 0.2) is 72.8 Å². The molecule has 0 atom stereocenters. The topological polar surface area (TPSA) is 108 Å². The van der Waals surface area contributed by atoms with Crippen molar-refractivity contribution >= 4 is 29.3 Å². The molecule has 0 saturated carbocycles. The van der Waals surface area contributed by atoms with Gasteiger partial charge in [0.25, 0.3) is 5.91 Å². The van der Waals surface area contributed by atoms with Crippen molar-refractivity contribution in [3.05, 3.63) is 95.1 Å². The van der Waals surface area contributed by atoms with E-state index in [0.717, 1.165) is 0 Å². The summed E-state index contributed by atoms with van der Waals surface area (Å²) in [4.78, 5) is 49.1. The summed E-state index contributed by atoms with van der Waals surface area (Å²) in [6, 6.07) is 19.3. The molecule has 1 N–H and O–H groups in total. The number of ether oxygens (including phenoxy) is 3. The number of rotatable bonds is 8. The monoisotopic (exact) mass is 447 g/mol. The molecule has 0 fully saturated rings. The summed E-state index contributed by atoms with van der Waals surface area (Å²) in [6.45, 7) is -0.431. The second-order valence-electron chi connectivity index (χ2n) is 6.81. The summed E-state index contributed by atoms with van der Waals surface area (Å²) < 4.78 is 14.8. The Hall–Kier alpha value is -4.46. The Labute approximate surface area is 190 Å². The number of hydrogen-bond donors (Lipinski definition) is 1. The maximum Gasteiger partial charge on any atom is 0.338 e. The predicted octanol–water partition coefficient (Wildman–Crippen LogP) is 3.51. The zero-order valence-electron chi connectivity index (χ0n) is 18.0. The fourth-order valence-electron chi connectivity index (χ4n) is 3.02. The Morgan fingerprint density at radius 3 is 1.91 bits per heavy atom. The van der Waals surface area contributed by atoms with Crippen LogP contribution in [0, 0.1) is 0 Å². The van der Waals surface area contributed by atoms with Crippen LogP contribution in [0.4, 0.5) is 5.69 Å². The molecule has 0 heterocycles. The number of hydrogen-bond acceptors (Lipinski definition) is 7. The molecule has 1 amide bonds. The largest absolute Gasteiger partial charge is 0.484 e. The molecule has 3 aromatic rings. The van der Waals surface area contributed by atoms with Crippen molar-refractivity contribution < 1.29 is 33.4 Å². The summed E-state index contributed by atoms with van der Waals surface area (Å²) in [7, 11) is 2.41. The number of anilines is 1. The van der Waals surface area contributed by atoms with Gasteiger partial charge in [-0.05, 0) is 30.3 Å². The first-order valence-electron chi connectivity index (χ1n) is 9.86. The van der Waals surface area contributed by atoms with Crippen molar-refractivity contribution in [2.75, 3.05) is 26.1 Å². The molecule has 8 heteroatoms. The Balaban J connectivity index is 1.75. The molecule has 168 valence electrons. The number of esters is 2. The zero-order chi connectivity index (χ0) is 23.8. The first kappa shape index (κ1) is 23.2. The average molecular weight is 447 g/mol. The molecule has 0 saturated heterocycles. The highest BCUT2D eigenvalue weighted by atomic mass is 16.5. The summed E-state index contributed by atoms with van der Waals surface area (Å²) in [5.41, 5.74) is 1.28. The van der Waals surface area contributed by atoms with Crippen molar-refractivity contribution in [3.63, 3.8) is 0 Å². The molecule has 3 rings (SSSR count). The quantitative estimate of drug-likeness (QED) is 0.416. The van der Waals surface area contributed by atoms with Crippen LogP contribution >= 0.6 is 0 Å². The molecule has 0 radical (unpaired) electrons. The van der Waals surface area contributed by atoms with Crippen LogP contribution in [0.3, 0.4) is 0 Å². The SMILES string of the molecule is COC(=O)c1cc(OCC(=O)Nc2ccccc2C(=O)c2ccccc2)cc(C(=O)OC)c1. The lowest BCUT2D eigenvalue weighted by Gasteiger charge is -2.12. The van der Waals surface area contributed by atoms with E-state index in [4.69, 9.17) is 4.74 Å². The Bertz CT molecular complexity index is 1150. The minimum atomic E-state index is -0.677. The predicted molar refractivity (Wildman–Crippen MR) is 120 cm³/mol. The third-order valence-corrected chi connectivity index (χ3v) is 4.60. The van der Waals surface area contributed by atoms with Gasteiger partial charge in [-0.15, -0.1) is 0 Å². The fourth-order valence-corrected chi connectivity index (χ4v) is 3.02. The van der Waals surface area contributed by atoms with E-state index in [1.165, 1.54) is 32.4 Å². The molecular weight excluding hydrogens is 426 g/mol. The molecule has 8 nitrogen and oxygen atoms in total. The summed E-state index contributed by atoms with van der Waals surface area (Å²) in [5, 5.41) is 2.66. The molecule has 0 aliphatic heterocycles. The molecule has 0 aromatic heterocycles. The van der Waals surface area contributed by atoms with E-state index in [1.807, 2.05) is 6.07 Å². The van der Waals surface area contributed by atoms with E-state index in [-0.39, 0.29) is 22.7 Å². The standard InChI is InChI=1S/C25H21NO7/c1-31-24(29)17-12-18(25(30)32-2)14-19(13-17)33-15-22(27)26-21-11-7-6-10-20(21)23(28)16-8-4-3-5-9-16/h3-14H,15H2,1-2H3,(H,26,27). The third-order valence-electron chi connectivity index (χ3n) is 4.60. The van der Waals surface area contributed by atoms with Crippen LogP contribution in [0.2, 0.25) is 0 Å². The van der Waals surface area contributed by atoms with Gasteiger partial charge in [0.1, 0.15) is 5.75 Å². The summed E-state index contributed by atoms with van der Waals surface area (Å²) in [6.07, 6.45) is 0. The molecule has 33 heavy (non-hydrogen) atoms. The normalized spacial score (nSPS) is 10.1. The minimum absolute atomic E-state index is 0.0645. The number of carbonyl (C=O) groups excluding carboxylic acids is 4. The maximum atomic E-state index is 12.8. The van der Waals surface area contributed by atoms with Crippen LogP contribution < -0.4 is 10.1 Å². The number of carbonyl (C=O) groups is 4. The number of amides is 1. The lowest BCUT2D eigenvalue weighted by atomic mass is 10.0. The number of nitrogens with one attached hydrogen (secondary N) is 1. The Morgan fingerprint density at radius 1 is 0.727 bits per heavy atom. The number of ketones is 1.